The predicted octanol–water partition coefficient (Wildman–Crippen LogP) is 0.776. The fourth-order valence-corrected chi connectivity index (χ4v) is 1.75. The number of aryl methyl sites for hydroxylation is 1. The third-order valence-corrected chi connectivity index (χ3v) is 2.82. The van der Waals surface area contributed by atoms with Crippen molar-refractivity contribution in [3.05, 3.63) is 29.8 Å². The van der Waals surface area contributed by atoms with Crippen LogP contribution in [0.5, 0.6) is 0 Å². The number of carbonyl (C=O) groups excluding carboxylic acids is 1. The number of methoxy groups -OCH3 is 1. The number of hydrogen-bond donors (Lipinski definition) is 2. The lowest BCUT2D eigenvalue weighted by molar-refractivity contribution is -0.136. The minimum absolute atomic E-state index is 0.0780. The number of nitrogens with two attached hydrogens (primary N) is 1. The minimum Gasteiger partial charge on any atom is -0.481 e. The minimum atomic E-state index is -0.963. The summed E-state index contributed by atoms with van der Waals surface area (Å²) in [5.74, 6) is -1.31. The van der Waals surface area contributed by atoms with Gasteiger partial charge in [0.05, 0.1) is 13.0 Å². The smallest absolute Gasteiger partial charge is 0.305 e. The van der Waals surface area contributed by atoms with Crippen LogP contribution in [0.3, 0.4) is 0 Å². The summed E-state index contributed by atoms with van der Waals surface area (Å²) in [6, 6.07) is 6.45. The molecule has 0 saturated heterocycles. The highest BCUT2D eigenvalue weighted by molar-refractivity contribution is 5.97. The highest BCUT2D eigenvalue weighted by Crippen LogP contribution is 2.16. The Labute approximate surface area is 118 Å². The molecule has 0 aliphatic carbocycles. The summed E-state index contributed by atoms with van der Waals surface area (Å²) in [4.78, 5) is 24.4. The van der Waals surface area contributed by atoms with Gasteiger partial charge in [0.15, 0.2) is 0 Å². The molecule has 0 fully saturated rings. The van der Waals surface area contributed by atoms with E-state index in [1.165, 1.54) is 12.0 Å². The number of amides is 1. The zero-order valence-corrected chi connectivity index (χ0v) is 11.7. The van der Waals surface area contributed by atoms with Crippen molar-refractivity contribution in [1.82, 2.24) is 0 Å². The predicted molar refractivity (Wildman–Crippen MR) is 75.6 cm³/mol. The number of carboxylic acids is 1. The Balaban J connectivity index is 2.92. The molecule has 110 valence electrons. The summed E-state index contributed by atoms with van der Waals surface area (Å²) in [7, 11) is 1.46. The Morgan fingerprint density at radius 3 is 2.45 bits per heavy atom. The van der Waals surface area contributed by atoms with Crippen LogP contribution < -0.4 is 10.6 Å². The summed E-state index contributed by atoms with van der Waals surface area (Å²) in [6.45, 7) is 2.10. The Morgan fingerprint density at radius 1 is 1.35 bits per heavy atom. The molecular weight excluding hydrogens is 260 g/mol. The largest absolute Gasteiger partial charge is 0.481 e. The molecule has 1 atom stereocenters. The number of rotatable bonds is 7. The first-order chi connectivity index (χ1) is 9.45. The van der Waals surface area contributed by atoms with Gasteiger partial charge in [0.2, 0.25) is 5.91 Å². The highest BCUT2D eigenvalue weighted by atomic mass is 16.5. The number of aliphatic carboxylic acids is 1. The van der Waals surface area contributed by atoms with E-state index in [-0.39, 0.29) is 25.5 Å². The molecule has 0 heterocycles. The maximum Gasteiger partial charge on any atom is 0.305 e. The van der Waals surface area contributed by atoms with Gasteiger partial charge in [-0.25, -0.2) is 0 Å². The van der Waals surface area contributed by atoms with E-state index in [0.717, 1.165) is 5.56 Å². The summed E-state index contributed by atoms with van der Waals surface area (Å²) >= 11 is 0. The van der Waals surface area contributed by atoms with Crippen LogP contribution in [0.2, 0.25) is 0 Å². The Bertz CT molecular complexity index is 459. The third-order valence-electron chi connectivity index (χ3n) is 2.82. The molecule has 3 N–H and O–H groups in total. The number of nitrogens with zero attached hydrogens (tertiary/aromatic N) is 1. The first kappa shape index (κ1) is 16.1. The molecule has 6 nitrogen and oxygen atoms in total. The molecule has 0 spiro atoms. The van der Waals surface area contributed by atoms with Crippen LogP contribution in [-0.4, -0.2) is 43.3 Å². The summed E-state index contributed by atoms with van der Waals surface area (Å²) in [5, 5.41) is 8.78. The van der Waals surface area contributed by atoms with E-state index in [1.807, 2.05) is 19.1 Å². The van der Waals surface area contributed by atoms with Crippen molar-refractivity contribution in [1.29, 1.82) is 0 Å². The molecule has 0 saturated carbocycles. The second-order valence-corrected chi connectivity index (χ2v) is 4.53. The fourth-order valence-electron chi connectivity index (χ4n) is 1.75. The Morgan fingerprint density at radius 2 is 1.95 bits per heavy atom. The van der Waals surface area contributed by atoms with Gasteiger partial charge in [0.25, 0.3) is 0 Å². The van der Waals surface area contributed by atoms with E-state index >= 15 is 0 Å². The number of carboxylic acid groups (broad SMARTS) is 1. The number of carbonyl (C=O) groups is 2. The molecule has 0 aliphatic rings. The van der Waals surface area contributed by atoms with Gasteiger partial charge in [-0.1, -0.05) is 17.7 Å². The summed E-state index contributed by atoms with van der Waals surface area (Å²) < 4.78 is 4.87. The highest BCUT2D eigenvalue weighted by Gasteiger charge is 2.22. The molecule has 1 rings (SSSR count). The molecule has 20 heavy (non-hydrogen) atoms. The number of ether oxygens (including phenoxy) is 1. The maximum atomic E-state index is 12.3. The van der Waals surface area contributed by atoms with Gasteiger partial charge >= 0.3 is 5.97 Å². The lowest BCUT2D eigenvalue weighted by Crippen LogP contribution is -2.47. The number of hydrogen-bond acceptors (Lipinski definition) is 4. The zero-order chi connectivity index (χ0) is 15.1. The third kappa shape index (κ3) is 4.64. The SMILES string of the molecule is COCC(N)C(=O)N(CCC(=O)O)c1ccc(C)cc1. The Kier molecular flexibility index (Phi) is 6.14. The normalized spacial score (nSPS) is 11.9. The second kappa shape index (κ2) is 7.62. The fraction of sp³-hybridized carbons (Fsp3) is 0.429. The molecule has 0 aliphatic heterocycles. The zero-order valence-electron chi connectivity index (χ0n) is 11.7. The average molecular weight is 280 g/mol. The summed E-state index contributed by atoms with van der Waals surface area (Å²) in [6.07, 6.45) is -0.140. The van der Waals surface area contributed by atoms with Crippen molar-refractivity contribution in [2.45, 2.75) is 19.4 Å². The molecule has 0 bridgehead atoms. The lowest BCUT2D eigenvalue weighted by Gasteiger charge is -2.25. The summed E-state index contributed by atoms with van der Waals surface area (Å²) in [5.41, 5.74) is 7.43. The van der Waals surface area contributed by atoms with Crippen molar-refractivity contribution in [2.75, 3.05) is 25.2 Å². The van der Waals surface area contributed by atoms with E-state index in [0.29, 0.717) is 5.69 Å². The monoisotopic (exact) mass is 280 g/mol. The molecule has 1 aromatic rings. The van der Waals surface area contributed by atoms with Gasteiger partial charge in [0, 0.05) is 19.3 Å². The van der Waals surface area contributed by atoms with Gasteiger partial charge < -0.3 is 20.5 Å². The number of benzene rings is 1. The topological polar surface area (TPSA) is 92.9 Å². The van der Waals surface area contributed by atoms with E-state index in [2.05, 4.69) is 0 Å². The van der Waals surface area contributed by atoms with E-state index in [1.54, 1.807) is 12.1 Å². The van der Waals surface area contributed by atoms with E-state index in [4.69, 9.17) is 15.6 Å². The van der Waals surface area contributed by atoms with E-state index in [9.17, 15) is 9.59 Å². The maximum absolute atomic E-state index is 12.3. The van der Waals surface area contributed by atoms with E-state index < -0.39 is 12.0 Å². The second-order valence-electron chi connectivity index (χ2n) is 4.53. The first-order valence-corrected chi connectivity index (χ1v) is 6.30. The molecule has 1 aromatic carbocycles. The lowest BCUT2D eigenvalue weighted by atomic mass is 10.2. The standard InChI is InChI=1S/C14H20N2O4/c1-10-3-5-11(6-4-10)16(8-7-13(17)18)14(19)12(15)9-20-2/h3-6,12H,7-9,15H2,1-2H3,(H,17,18). The molecule has 1 amide bonds. The molecule has 6 heteroatoms. The molecular formula is C14H20N2O4. The average Bonchev–Trinajstić information content (AvgIpc) is 2.40. The van der Waals surface area contributed by atoms with Gasteiger partial charge in [-0.2, -0.15) is 0 Å². The Hall–Kier alpha value is -1.92. The van der Waals surface area contributed by atoms with Gasteiger partial charge in [0.1, 0.15) is 6.04 Å². The van der Waals surface area contributed by atoms with Crippen LogP contribution in [-0.2, 0) is 14.3 Å². The molecule has 1 unspecified atom stereocenters. The quantitative estimate of drug-likeness (QED) is 0.769. The van der Waals surface area contributed by atoms with Crippen LogP contribution in [0.15, 0.2) is 24.3 Å². The van der Waals surface area contributed by atoms with Crippen molar-refractivity contribution >= 4 is 17.6 Å². The van der Waals surface area contributed by atoms with Crippen LogP contribution in [0, 0.1) is 6.92 Å². The van der Waals surface area contributed by atoms with Crippen LogP contribution >= 0.6 is 0 Å². The first-order valence-electron chi connectivity index (χ1n) is 6.30. The van der Waals surface area contributed by atoms with Gasteiger partial charge in [-0.05, 0) is 19.1 Å². The van der Waals surface area contributed by atoms with Crippen LogP contribution in [0.25, 0.3) is 0 Å². The molecule has 0 radical (unpaired) electrons. The number of anilines is 1. The van der Waals surface area contributed by atoms with Gasteiger partial charge in [-0.15, -0.1) is 0 Å². The van der Waals surface area contributed by atoms with Crippen LogP contribution in [0.4, 0.5) is 5.69 Å². The van der Waals surface area contributed by atoms with Gasteiger partial charge in [-0.3, -0.25) is 9.59 Å². The van der Waals surface area contributed by atoms with Crippen molar-refractivity contribution in [2.24, 2.45) is 5.73 Å². The van der Waals surface area contributed by atoms with Crippen molar-refractivity contribution < 1.29 is 19.4 Å². The van der Waals surface area contributed by atoms with Crippen LogP contribution in [0.1, 0.15) is 12.0 Å². The molecule has 0 aromatic heterocycles. The van der Waals surface area contributed by atoms with Crippen molar-refractivity contribution in [3.8, 4) is 0 Å². The van der Waals surface area contributed by atoms with Crippen molar-refractivity contribution in [3.63, 3.8) is 0 Å².